The second-order valence-corrected chi connectivity index (χ2v) is 9.09. The van der Waals surface area contributed by atoms with Crippen LogP contribution >= 0.6 is 11.6 Å². The SMILES string of the molecule is Nc1cnc2c(c1)[C@@H](C(=O)Nc1ccc(C(=O)O)cc1)N(C(=O)/C=C/c1cc(Cl)ccc1-n1cnnn1)CC2. The van der Waals surface area contributed by atoms with Crippen molar-refractivity contribution in [3.8, 4) is 5.69 Å². The van der Waals surface area contributed by atoms with E-state index in [0.29, 0.717) is 45.3 Å². The van der Waals surface area contributed by atoms with Crippen LogP contribution in [-0.2, 0) is 16.0 Å². The summed E-state index contributed by atoms with van der Waals surface area (Å²) in [5.74, 6) is -2.00. The molecule has 2 aromatic carbocycles. The van der Waals surface area contributed by atoms with E-state index in [9.17, 15) is 14.4 Å². The van der Waals surface area contributed by atoms with E-state index in [0.717, 1.165) is 0 Å². The van der Waals surface area contributed by atoms with Crippen LogP contribution < -0.4 is 11.1 Å². The zero-order chi connectivity index (χ0) is 27.5. The summed E-state index contributed by atoms with van der Waals surface area (Å²) < 4.78 is 1.44. The number of nitrogens with two attached hydrogens (primary N) is 1. The standard InChI is InChI=1S/C26H21ClN8O4/c27-17-4-7-22(35-14-30-32-33-35)16(11-17)3-8-23(36)34-10-9-21-20(12-18(28)13-29-21)24(34)25(37)31-19-5-1-15(2-6-19)26(38)39/h1-8,11-14,24H,9-10,28H2,(H,31,37)(H,38,39)/b8-3+/t24-/m0/s1. The summed E-state index contributed by atoms with van der Waals surface area (Å²) in [6.45, 7) is 0.235. The quantitative estimate of drug-likeness (QED) is 0.309. The van der Waals surface area contributed by atoms with Crippen LogP contribution in [-0.4, -0.2) is 59.5 Å². The number of hydrogen-bond donors (Lipinski definition) is 3. The van der Waals surface area contributed by atoms with Crippen molar-refractivity contribution in [2.24, 2.45) is 0 Å². The number of hydrogen-bond acceptors (Lipinski definition) is 8. The Morgan fingerprint density at radius 3 is 2.64 bits per heavy atom. The molecule has 1 aliphatic heterocycles. The van der Waals surface area contributed by atoms with Crippen molar-refractivity contribution in [3.63, 3.8) is 0 Å². The number of aromatic nitrogens is 5. The van der Waals surface area contributed by atoms with Gasteiger partial charge in [-0.2, -0.15) is 4.68 Å². The van der Waals surface area contributed by atoms with Gasteiger partial charge in [-0.1, -0.05) is 11.6 Å². The number of amides is 2. The number of benzene rings is 2. The molecule has 0 saturated heterocycles. The van der Waals surface area contributed by atoms with Crippen LogP contribution in [0.3, 0.4) is 0 Å². The van der Waals surface area contributed by atoms with Crippen molar-refractivity contribution < 1.29 is 19.5 Å². The average molecular weight is 545 g/mol. The number of anilines is 2. The summed E-state index contributed by atoms with van der Waals surface area (Å²) in [6.07, 6.45) is 6.30. The molecule has 2 amide bonds. The number of carboxylic acid groups (broad SMARTS) is 1. The van der Waals surface area contributed by atoms with Crippen LogP contribution in [0.2, 0.25) is 5.02 Å². The van der Waals surface area contributed by atoms with Crippen LogP contribution in [0.1, 0.15) is 33.2 Å². The van der Waals surface area contributed by atoms with E-state index in [-0.39, 0.29) is 12.1 Å². The molecule has 4 N–H and O–H groups in total. The maximum atomic E-state index is 13.5. The van der Waals surface area contributed by atoms with E-state index in [1.807, 2.05) is 0 Å². The van der Waals surface area contributed by atoms with Gasteiger partial charge in [0.2, 0.25) is 5.91 Å². The van der Waals surface area contributed by atoms with Crippen LogP contribution in [0.15, 0.2) is 67.1 Å². The molecule has 0 aliphatic carbocycles. The largest absolute Gasteiger partial charge is 0.478 e. The van der Waals surface area contributed by atoms with Gasteiger partial charge in [0.25, 0.3) is 5.91 Å². The summed E-state index contributed by atoms with van der Waals surface area (Å²) in [5.41, 5.74) is 9.16. The second-order valence-electron chi connectivity index (χ2n) is 8.65. The molecule has 0 unspecified atom stereocenters. The van der Waals surface area contributed by atoms with Crippen LogP contribution in [0, 0.1) is 0 Å². The normalized spacial score (nSPS) is 14.7. The highest BCUT2D eigenvalue weighted by molar-refractivity contribution is 6.30. The molecular weight excluding hydrogens is 524 g/mol. The van der Waals surface area contributed by atoms with Crippen molar-refractivity contribution in [2.75, 3.05) is 17.6 Å². The molecule has 13 heteroatoms. The fraction of sp³-hybridized carbons (Fsp3) is 0.115. The Hall–Kier alpha value is -5.10. The van der Waals surface area contributed by atoms with Gasteiger partial charge in [-0.3, -0.25) is 14.6 Å². The minimum absolute atomic E-state index is 0.0805. The number of carbonyl (C=O) groups excluding carboxylic acids is 2. The lowest BCUT2D eigenvalue weighted by Crippen LogP contribution is -2.45. The van der Waals surface area contributed by atoms with Crippen molar-refractivity contribution in [1.29, 1.82) is 0 Å². The molecule has 196 valence electrons. The van der Waals surface area contributed by atoms with Crippen molar-refractivity contribution in [2.45, 2.75) is 12.5 Å². The molecule has 0 saturated carbocycles. The molecule has 5 rings (SSSR count). The lowest BCUT2D eigenvalue weighted by molar-refractivity contribution is -0.135. The number of fused-ring (bicyclic) bond motifs is 1. The number of nitrogens with one attached hydrogen (secondary N) is 1. The first-order valence-corrected chi connectivity index (χ1v) is 12.1. The minimum Gasteiger partial charge on any atom is -0.478 e. The van der Waals surface area contributed by atoms with Crippen molar-refractivity contribution in [1.82, 2.24) is 30.1 Å². The molecule has 0 radical (unpaired) electrons. The van der Waals surface area contributed by atoms with Gasteiger partial charge >= 0.3 is 5.97 Å². The van der Waals surface area contributed by atoms with Gasteiger partial charge in [-0.15, -0.1) is 5.10 Å². The number of nitrogens with zero attached hydrogens (tertiary/aromatic N) is 6. The first-order chi connectivity index (χ1) is 18.8. The van der Waals surface area contributed by atoms with E-state index in [1.54, 1.807) is 30.3 Å². The van der Waals surface area contributed by atoms with Crippen LogP contribution in [0.4, 0.5) is 11.4 Å². The van der Waals surface area contributed by atoms with E-state index in [1.165, 1.54) is 52.4 Å². The molecule has 12 nitrogen and oxygen atoms in total. The van der Waals surface area contributed by atoms with E-state index >= 15 is 0 Å². The smallest absolute Gasteiger partial charge is 0.335 e. The Morgan fingerprint density at radius 1 is 1.13 bits per heavy atom. The Balaban J connectivity index is 1.45. The zero-order valence-electron chi connectivity index (χ0n) is 20.2. The van der Waals surface area contributed by atoms with E-state index in [4.69, 9.17) is 22.4 Å². The summed E-state index contributed by atoms with van der Waals surface area (Å²) in [4.78, 5) is 44.0. The Kier molecular flexibility index (Phi) is 7.02. The van der Waals surface area contributed by atoms with Gasteiger partial charge in [0, 0.05) is 46.6 Å². The molecule has 4 aromatic rings. The maximum absolute atomic E-state index is 13.5. The Labute approximate surface area is 226 Å². The summed E-state index contributed by atoms with van der Waals surface area (Å²) in [5, 5.41) is 23.6. The van der Waals surface area contributed by atoms with Gasteiger partial charge in [0.1, 0.15) is 12.4 Å². The van der Waals surface area contributed by atoms with Crippen LogP contribution in [0.5, 0.6) is 0 Å². The lowest BCUT2D eigenvalue weighted by atomic mass is 9.95. The number of carboxylic acids is 1. The molecule has 2 aromatic heterocycles. The molecule has 0 bridgehead atoms. The summed E-state index contributed by atoms with van der Waals surface area (Å²) >= 11 is 6.19. The Bertz CT molecular complexity index is 1590. The average Bonchev–Trinajstić information content (AvgIpc) is 3.46. The highest BCUT2D eigenvalue weighted by Gasteiger charge is 2.36. The molecule has 1 atom stereocenters. The number of tetrazole rings is 1. The molecule has 1 aliphatic rings. The minimum atomic E-state index is -1.08. The Morgan fingerprint density at radius 2 is 1.92 bits per heavy atom. The fourth-order valence-corrected chi connectivity index (χ4v) is 4.50. The van der Waals surface area contributed by atoms with Gasteiger partial charge in [-0.25, -0.2) is 4.79 Å². The number of pyridine rings is 1. The molecule has 0 fully saturated rings. The third kappa shape index (κ3) is 5.45. The highest BCUT2D eigenvalue weighted by atomic mass is 35.5. The van der Waals surface area contributed by atoms with E-state index < -0.39 is 23.8 Å². The highest BCUT2D eigenvalue weighted by Crippen LogP contribution is 2.32. The number of nitrogen functional groups attached to an aromatic ring is 1. The molecule has 0 spiro atoms. The zero-order valence-corrected chi connectivity index (χ0v) is 21.0. The second kappa shape index (κ2) is 10.7. The lowest BCUT2D eigenvalue weighted by Gasteiger charge is -2.35. The fourth-order valence-electron chi connectivity index (χ4n) is 4.32. The number of halogens is 1. The monoisotopic (exact) mass is 544 g/mol. The predicted molar refractivity (Wildman–Crippen MR) is 142 cm³/mol. The van der Waals surface area contributed by atoms with Gasteiger partial charge in [-0.05, 0) is 65.0 Å². The number of carbonyl (C=O) groups is 3. The number of aromatic carboxylic acids is 1. The third-order valence-corrected chi connectivity index (χ3v) is 6.38. The summed E-state index contributed by atoms with van der Waals surface area (Å²) in [6, 6.07) is 11.4. The number of rotatable bonds is 6. The third-order valence-electron chi connectivity index (χ3n) is 6.14. The van der Waals surface area contributed by atoms with Crippen LogP contribution in [0.25, 0.3) is 11.8 Å². The first kappa shape index (κ1) is 25.5. The van der Waals surface area contributed by atoms with Crippen molar-refractivity contribution in [3.05, 3.63) is 94.5 Å². The van der Waals surface area contributed by atoms with Gasteiger partial charge in [0.05, 0.1) is 23.1 Å². The van der Waals surface area contributed by atoms with Gasteiger partial charge < -0.3 is 21.1 Å². The molecule has 39 heavy (non-hydrogen) atoms. The summed E-state index contributed by atoms with van der Waals surface area (Å²) in [7, 11) is 0. The molecular formula is C26H21ClN8O4. The van der Waals surface area contributed by atoms with Gasteiger partial charge in [0.15, 0.2) is 0 Å². The molecule has 3 heterocycles. The van der Waals surface area contributed by atoms with E-state index in [2.05, 4.69) is 25.8 Å². The topological polar surface area (TPSA) is 169 Å². The first-order valence-electron chi connectivity index (χ1n) is 11.7. The predicted octanol–water partition coefficient (Wildman–Crippen LogP) is 2.77. The van der Waals surface area contributed by atoms with Crippen molar-refractivity contribution >= 4 is 46.8 Å². The maximum Gasteiger partial charge on any atom is 0.335 e.